The molecule has 0 unspecified atom stereocenters. The zero-order valence-electron chi connectivity index (χ0n) is 21.4. The van der Waals surface area contributed by atoms with Crippen LogP contribution in [0.1, 0.15) is 29.9 Å². The van der Waals surface area contributed by atoms with Crippen LogP contribution in [0.5, 0.6) is 5.88 Å². The zero-order valence-corrected chi connectivity index (χ0v) is 21.4. The van der Waals surface area contributed by atoms with Crippen LogP contribution >= 0.6 is 0 Å². The predicted octanol–water partition coefficient (Wildman–Crippen LogP) is 7.35. The molecule has 6 nitrogen and oxygen atoms in total. The number of carbonyl (C=O) groups is 1. The summed E-state index contributed by atoms with van der Waals surface area (Å²) in [6.45, 7) is 3.80. The Hall–Kier alpha value is -4.66. The van der Waals surface area contributed by atoms with E-state index in [1.165, 1.54) is 19.2 Å². The summed E-state index contributed by atoms with van der Waals surface area (Å²) in [6, 6.07) is 17.6. The number of fused-ring (bicyclic) bond motifs is 1. The van der Waals surface area contributed by atoms with Gasteiger partial charge in [-0.3, -0.25) is 4.98 Å². The third-order valence-electron chi connectivity index (χ3n) is 6.18. The van der Waals surface area contributed by atoms with E-state index in [9.17, 15) is 18.0 Å². The molecule has 5 aromatic rings. The van der Waals surface area contributed by atoms with Gasteiger partial charge in [0.25, 0.3) is 0 Å². The molecule has 0 amide bonds. The molecule has 0 aliphatic heterocycles. The number of ether oxygens (including phenoxy) is 2. The Morgan fingerprint density at radius 2 is 1.67 bits per heavy atom. The number of rotatable bonds is 6. The first-order valence-corrected chi connectivity index (χ1v) is 12.1. The first-order chi connectivity index (χ1) is 18.7. The average molecular weight is 532 g/mol. The first kappa shape index (κ1) is 26.0. The number of aromatic nitrogens is 3. The molecule has 0 spiro atoms. The molecule has 3 aromatic heterocycles. The lowest BCUT2D eigenvalue weighted by Crippen LogP contribution is -2.11. The van der Waals surface area contributed by atoms with Crippen LogP contribution in [0.3, 0.4) is 0 Å². The van der Waals surface area contributed by atoms with Crippen LogP contribution in [-0.4, -0.2) is 33.7 Å². The molecule has 0 atom stereocenters. The average Bonchev–Trinajstić information content (AvgIpc) is 3.27. The zero-order chi connectivity index (χ0) is 27.7. The second-order valence-electron chi connectivity index (χ2n) is 9.12. The molecule has 9 heteroatoms. The van der Waals surface area contributed by atoms with Crippen molar-refractivity contribution in [2.45, 2.75) is 26.1 Å². The van der Waals surface area contributed by atoms with Gasteiger partial charge in [0, 0.05) is 35.0 Å². The van der Waals surface area contributed by atoms with Gasteiger partial charge in [0.05, 0.1) is 36.2 Å². The minimum Gasteiger partial charge on any atom is -0.475 e. The van der Waals surface area contributed by atoms with Crippen molar-refractivity contribution >= 4 is 16.9 Å². The number of carbonyl (C=O) groups excluding carboxylic acids is 1. The fraction of sp³-hybridized carbons (Fsp3) is 0.167. The third kappa shape index (κ3) is 5.07. The van der Waals surface area contributed by atoms with E-state index < -0.39 is 17.7 Å². The topological polar surface area (TPSA) is 66.2 Å². The van der Waals surface area contributed by atoms with E-state index in [0.717, 1.165) is 12.1 Å². The molecule has 0 N–H and O–H groups in total. The molecule has 0 fully saturated rings. The highest BCUT2D eigenvalue weighted by Gasteiger charge is 2.30. The van der Waals surface area contributed by atoms with Crippen molar-refractivity contribution in [1.29, 1.82) is 0 Å². The van der Waals surface area contributed by atoms with Crippen LogP contribution in [0.4, 0.5) is 13.2 Å². The Kier molecular flexibility index (Phi) is 6.82. The van der Waals surface area contributed by atoms with Crippen LogP contribution in [0.25, 0.3) is 38.8 Å². The Morgan fingerprint density at radius 3 is 2.26 bits per heavy atom. The molecule has 3 heterocycles. The lowest BCUT2D eigenvalue weighted by molar-refractivity contribution is -0.137. The SMILES string of the molecule is COC(=O)c1c(-c2cccnc2)c2cc(-c3ccc(C(F)(F)F)cc3)ccc2n1-c1ccc(OC(C)C)nc1. The van der Waals surface area contributed by atoms with Crippen molar-refractivity contribution in [3.8, 4) is 33.8 Å². The smallest absolute Gasteiger partial charge is 0.416 e. The van der Waals surface area contributed by atoms with Gasteiger partial charge in [-0.1, -0.05) is 24.3 Å². The highest BCUT2D eigenvalue weighted by atomic mass is 19.4. The van der Waals surface area contributed by atoms with Crippen LogP contribution in [-0.2, 0) is 10.9 Å². The summed E-state index contributed by atoms with van der Waals surface area (Å²) < 4.78 is 52.0. The molecule has 0 aliphatic rings. The van der Waals surface area contributed by atoms with Crippen LogP contribution in [0.15, 0.2) is 85.3 Å². The minimum atomic E-state index is -4.42. The summed E-state index contributed by atoms with van der Waals surface area (Å²) in [5.74, 6) is -0.120. The van der Waals surface area contributed by atoms with E-state index in [2.05, 4.69) is 9.97 Å². The number of hydrogen-bond acceptors (Lipinski definition) is 5. The molecule has 198 valence electrons. The van der Waals surface area contributed by atoms with Gasteiger partial charge in [-0.25, -0.2) is 9.78 Å². The van der Waals surface area contributed by atoms with Crippen molar-refractivity contribution in [3.63, 3.8) is 0 Å². The fourth-order valence-corrected chi connectivity index (χ4v) is 4.50. The van der Waals surface area contributed by atoms with Gasteiger partial charge in [0.1, 0.15) is 5.69 Å². The lowest BCUT2D eigenvalue weighted by atomic mass is 9.98. The molecule has 0 saturated heterocycles. The lowest BCUT2D eigenvalue weighted by Gasteiger charge is -2.12. The van der Waals surface area contributed by atoms with E-state index in [-0.39, 0.29) is 11.8 Å². The monoisotopic (exact) mass is 531 g/mol. The molecule has 5 rings (SSSR count). The Labute approximate surface area is 222 Å². The van der Waals surface area contributed by atoms with Crippen LogP contribution in [0, 0.1) is 0 Å². The molecular weight excluding hydrogens is 507 g/mol. The second-order valence-corrected chi connectivity index (χ2v) is 9.12. The van der Waals surface area contributed by atoms with Crippen molar-refractivity contribution in [3.05, 3.63) is 96.6 Å². The number of alkyl halides is 3. The molecule has 2 aromatic carbocycles. The Morgan fingerprint density at radius 1 is 0.923 bits per heavy atom. The maximum atomic E-state index is 13.3. The van der Waals surface area contributed by atoms with E-state index in [1.54, 1.807) is 47.4 Å². The summed E-state index contributed by atoms with van der Waals surface area (Å²) in [5, 5.41) is 0.698. The number of pyridine rings is 2. The van der Waals surface area contributed by atoms with Crippen LogP contribution in [0.2, 0.25) is 0 Å². The molecule has 0 saturated carbocycles. The summed E-state index contributed by atoms with van der Waals surface area (Å²) in [6.07, 6.45) is 0.411. The van der Waals surface area contributed by atoms with Gasteiger partial charge in [-0.15, -0.1) is 0 Å². The van der Waals surface area contributed by atoms with Crippen LogP contribution < -0.4 is 4.74 Å². The van der Waals surface area contributed by atoms with E-state index in [0.29, 0.717) is 44.7 Å². The van der Waals surface area contributed by atoms with Gasteiger partial charge in [-0.2, -0.15) is 13.2 Å². The number of esters is 1. The molecule has 0 radical (unpaired) electrons. The largest absolute Gasteiger partial charge is 0.475 e. The fourth-order valence-electron chi connectivity index (χ4n) is 4.50. The Balaban J connectivity index is 1.76. The number of hydrogen-bond donors (Lipinski definition) is 0. The van der Waals surface area contributed by atoms with Crippen molar-refractivity contribution in [1.82, 2.24) is 14.5 Å². The summed E-state index contributed by atoms with van der Waals surface area (Å²) in [7, 11) is 1.31. The van der Waals surface area contributed by atoms with Gasteiger partial charge < -0.3 is 14.0 Å². The molecule has 0 bridgehead atoms. The summed E-state index contributed by atoms with van der Waals surface area (Å²) in [4.78, 5) is 21.9. The third-order valence-corrected chi connectivity index (χ3v) is 6.18. The highest BCUT2D eigenvalue weighted by Crippen LogP contribution is 2.40. The first-order valence-electron chi connectivity index (χ1n) is 12.1. The second kappa shape index (κ2) is 10.2. The van der Waals surface area contributed by atoms with Crippen molar-refractivity contribution < 1.29 is 27.4 Å². The summed E-state index contributed by atoms with van der Waals surface area (Å²) in [5.41, 5.74) is 3.39. The van der Waals surface area contributed by atoms with Crippen molar-refractivity contribution in [2.24, 2.45) is 0 Å². The minimum absolute atomic E-state index is 0.0535. The van der Waals surface area contributed by atoms with E-state index in [4.69, 9.17) is 9.47 Å². The van der Waals surface area contributed by atoms with Gasteiger partial charge >= 0.3 is 12.1 Å². The standard InChI is InChI=1S/C30H24F3N3O3/c1-18(2)39-26-13-11-23(17-35-26)36-25-12-8-20(19-6-9-22(10-7-19)30(31,32)33)15-24(25)27(28(36)29(37)38-3)21-5-4-14-34-16-21/h4-18H,1-3H3. The normalized spacial score (nSPS) is 11.7. The highest BCUT2D eigenvalue weighted by molar-refractivity contribution is 6.10. The molecule has 0 aliphatic carbocycles. The number of nitrogens with zero attached hydrogens (tertiary/aromatic N) is 3. The maximum Gasteiger partial charge on any atom is 0.416 e. The Bertz CT molecular complexity index is 1630. The van der Waals surface area contributed by atoms with Gasteiger partial charge in [-0.05, 0) is 61.4 Å². The van der Waals surface area contributed by atoms with E-state index >= 15 is 0 Å². The summed E-state index contributed by atoms with van der Waals surface area (Å²) >= 11 is 0. The van der Waals surface area contributed by atoms with Crippen molar-refractivity contribution in [2.75, 3.05) is 7.11 Å². The van der Waals surface area contributed by atoms with Gasteiger partial charge in [0.15, 0.2) is 0 Å². The number of methoxy groups -OCH3 is 1. The maximum absolute atomic E-state index is 13.3. The number of benzene rings is 2. The molecule has 39 heavy (non-hydrogen) atoms. The predicted molar refractivity (Wildman–Crippen MR) is 142 cm³/mol. The molecular formula is C30H24F3N3O3. The quantitative estimate of drug-likeness (QED) is 0.214. The van der Waals surface area contributed by atoms with E-state index in [1.807, 2.05) is 32.0 Å². The number of halogens is 3. The van der Waals surface area contributed by atoms with Gasteiger partial charge in [0.2, 0.25) is 5.88 Å².